The average Bonchev–Trinajstić information content (AvgIpc) is 4.05. The van der Waals surface area contributed by atoms with Crippen LogP contribution >= 0.6 is 47.1 Å². The molecule has 8 rings (SSSR count). The van der Waals surface area contributed by atoms with E-state index in [1.807, 2.05) is 24.3 Å². The first-order valence-electron chi connectivity index (χ1n) is 19.7. The quantitative estimate of drug-likeness (QED) is 0.0909. The van der Waals surface area contributed by atoms with Crippen molar-refractivity contribution in [1.82, 2.24) is 9.80 Å². The van der Waals surface area contributed by atoms with Crippen molar-refractivity contribution in [3.8, 4) is 21.3 Å². The van der Waals surface area contributed by atoms with Crippen molar-refractivity contribution < 1.29 is 8.83 Å². The van der Waals surface area contributed by atoms with Crippen LogP contribution in [0.3, 0.4) is 0 Å². The molecule has 0 saturated heterocycles. The van der Waals surface area contributed by atoms with Crippen LogP contribution in [0.1, 0.15) is 88.8 Å². The monoisotopic (exact) mass is 788 g/mol. The fourth-order valence-corrected chi connectivity index (χ4v) is 10.8. The number of rotatable bonds is 16. The lowest BCUT2D eigenvalue weighted by molar-refractivity contribution is 0.376. The molecule has 54 heavy (non-hydrogen) atoms. The van der Waals surface area contributed by atoms with Gasteiger partial charge in [0, 0.05) is 35.0 Å². The molecule has 0 saturated carbocycles. The SMILES string of the molecule is CCCCC(CC)CN1C(=S)C2=C(c3ccc(-c4cc5ccccc5o4)s3)N(CC(CC)CCCC)C(=S)C2=C1c1ccc(-c2cc3ccccc3o2)s1. The Balaban J connectivity index is 1.27. The van der Waals surface area contributed by atoms with Gasteiger partial charge in [0.1, 0.15) is 32.7 Å². The van der Waals surface area contributed by atoms with Gasteiger partial charge in [-0.3, -0.25) is 0 Å². The summed E-state index contributed by atoms with van der Waals surface area (Å²) < 4.78 is 12.7. The summed E-state index contributed by atoms with van der Waals surface area (Å²) in [5, 5.41) is 2.23. The molecule has 4 aromatic heterocycles. The average molecular weight is 789 g/mol. The van der Waals surface area contributed by atoms with Gasteiger partial charge in [-0.25, -0.2) is 0 Å². The van der Waals surface area contributed by atoms with Crippen molar-refractivity contribution in [3.63, 3.8) is 0 Å². The van der Waals surface area contributed by atoms with Crippen molar-refractivity contribution in [2.45, 2.75) is 79.1 Å². The van der Waals surface area contributed by atoms with Crippen molar-refractivity contribution in [1.29, 1.82) is 0 Å². The third-order valence-electron chi connectivity index (χ3n) is 11.2. The zero-order chi connectivity index (χ0) is 37.3. The predicted molar refractivity (Wildman–Crippen MR) is 238 cm³/mol. The van der Waals surface area contributed by atoms with Crippen molar-refractivity contribution >= 4 is 90.4 Å². The highest BCUT2D eigenvalue weighted by Gasteiger charge is 2.46. The predicted octanol–water partition coefficient (Wildman–Crippen LogP) is 14.5. The van der Waals surface area contributed by atoms with E-state index in [0.29, 0.717) is 11.8 Å². The minimum atomic E-state index is 0.529. The maximum atomic E-state index is 6.63. The zero-order valence-corrected chi connectivity index (χ0v) is 34.9. The summed E-state index contributed by atoms with van der Waals surface area (Å²) in [6.07, 6.45) is 9.42. The molecule has 2 aliphatic heterocycles. The molecule has 6 aromatic rings. The number of unbranched alkanes of at least 4 members (excludes halogenated alkanes) is 2. The molecule has 0 aliphatic carbocycles. The van der Waals surface area contributed by atoms with Crippen LogP contribution in [-0.4, -0.2) is 32.9 Å². The smallest absolute Gasteiger partial charge is 0.145 e. The highest BCUT2D eigenvalue weighted by molar-refractivity contribution is 7.81. The van der Waals surface area contributed by atoms with Crippen molar-refractivity contribution in [2.24, 2.45) is 11.8 Å². The van der Waals surface area contributed by atoms with Gasteiger partial charge in [-0.15, -0.1) is 22.7 Å². The first-order valence-corrected chi connectivity index (χ1v) is 22.2. The number of benzene rings is 2. The molecule has 2 aliphatic rings. The maximum Gasteiger partial charge on any atom is 0.145 e. The largest absolute Gasteiger partial charge is 0.455 e. The summed E-state index contributed by atoms with van der Waals surface area (Å²) in [5.41, 5.74) is 6.39. The molecule has 6 heterocycles. The van der Waals surface area contributed by atoms with Crippen LogP contribution in [0.2, 0.25) is 0 Å². The lowest BCUT2D eigenvalue weighted by Crippen LogP contribution is -2.33. The second-order valence-electron chi connectivity index (χ2n) is 14.7. The molecular formula is C46H48N2O2S4. The highest BCUT2D eigenvalue weighted by atomic mass is 32.1. The second kappa shape index (κ2) is 16.1. The number of thiocarbonyl (C=S) groups is 2. The maximum absolute atomic E-state index is 6.63. The van der Waals surface area contributed by atoms with Gasteiger partial charge in [-0.2, -0.15) is 0 Å². The van der Waals surface area contributed by atoms with E-state index in [1.165, 1.54) is 48.3 Å². The second-order valence-corrected chi connectivity index (χ2v) is 17.7. The van der Waals surface area contributed by atoms with Crippen molar-refractivity contribution in [2.75, 3.05) is 13.1 Å². The van der Waals surface area contributed by atoms with E-state index >= 15 is 0 Å². The number of hydrogen-bond donors (Lipinski definition) is 0. The lowest BCUT2D eigenvalue weighted by Gasteiger charge is -2.31. The van der Waals surface area contributed by atoms with E-state index in [-0.39, 0.29) is 0 Å². The standard InChI is InChI=1S/C46H48N2O2S4/c1-5-9-15-29(7-3)27-47-43(39-23-21-37(53-39)35-25-31-17-11-13-19-33(31)49-35)41-42(45(47)51)44(48(46(41)52)28-30(8-4)16-10-6-2)40-24-22-38(54-40)36-26-32-18-12-14-20-34(32)50-36/h11-14,17-26,29-30H,5-10,15-16,27-28H2,1-4H3. The van der Waals surface area contributed by atoms with Gasteiger partial charge in [0.25, 0.3) is 0 Å². The lowest BCUT2D eigenvalue weighted by atomic mass is 9.98. The van der Waals surface area contributed by atoms with Crippen LogP contribution in [0.15, 0.2) is 105 Å². The van der Waals surface area contributed by atoms with Gasteiger partial charge in [0.2, 0.25) is 0 Å². The molecule has 0 amide bonds. The van der Waals surface area contributed by atoms with Gasteiger partial charge in [-0.1, -0.05) is 127 Å². The number of hydrogen-bond acceptors (Lipinski definition) is 6. The van der Waals surface area contributed by atoms with Crippen LogP contribution in [0.4, 0.5) is 0 Å². The van der Waals surface area contributed by atoms with E-state index in [2.05, 4.69) is 98.2 Å². The van der Waals surface area contributed by atoms with E-state index < -0.39 is 0 Å². The topological polar surface area (TPSA) is 32.8 Å². The van der Waals surface area contributed by atoms with Gasteiger partial charge in [0.05, 0.1) is 30.9 Å². The Hall–Kier alpha value is -3.82. The summed E-state index contributed by atoms with van der Waals surface area (Å²) in [5.74, 6) is 2.84. The molecule has 2 aromatic carbocycles. The number of para-hydroxylation sites is 2. The molecule has 2 atom stereocenters. The molecule has 2 unspecified atom stereocenters. The minimum absolute atomic E-state index is 0.529. The van der Waals surface area contributed by atoms with Crippen LogP contribution in [0, 0.1) is 11.8 Å². The van der Waals surface area contributed by atoms with Gasteiger partial charge >= 0.3 is 0 Å². The number of thiophene rings is 2. The van der Waals surface area contributed by atoms with Gasteiger partial charge in [0.15, 0.2) is 0 Å². The molecule has 0 bridgehead atoms. The zero-order valence-electron chi connectivity index (χ0n) is 31.7. The number of furan rings is 2. The van der Waals surface area contributed by atoms with Crippen LogP contribution in [-0.2, 0) is 0 Å². The summed E-state index contributed by atoms with van der Waals surface area (Å²) in [4.78, 5) is 11.3. The van der Waals surface area contributed by atoms with E-state index in [0.717, 1.165) is 102 Å². The van der Waals surface area contributed by atoms with Crippen LogP contribution < -0.4 is 0 Å². The molecule has 4 nitrogen and oxygen atoms in total. The van der Waals surface area contributed by atoms with E-state index in [1.54, 1.807) is 22.7 Å². The Kier molecular flexibility index (Phi) is 11.1. The Morgan fingerprint density at radius 3 is 1.35 bits per heavy atom. The summed E-state index contributed by atoms with van der Waals surface area (Å²) in [6.45, 7) is 11.0. The fraction of sp³-hybridized carbons (Fsp3) is 0.348. The normalized spacial score (nSPS) is 15.9. The fourth-order valence-electron chi connectivity index (χ4n) is 8.01. The number of fused-ring (bicyclic) bond motifs is 3. The summed E-state index contributed by atoms with van der Waals surface area (Å²) in [7, 11) is 0. The van der Waals surface area contributed by atoms with Gasteiger partial charge < -0.3 is 18.6 Å². The molecular weight excluding hydrogens is 741 g/mol. The van der Waals surface area contributed by atoms with E-state index in [4.69, 9.17) is 33.3 Å². The first-order chi connectivity index (χ1) is 26.4. The van der Waals surface area contributed by atoms with Crippen LogP contribution in [0.5, 0.6) is 0 Å². The Labute approximate surface area is 338 Å². The molecule has 8 heteroatoms. The third kappa shape index (κ3) is 6.95. The van der Waals surface area contributed by atoms with Gasteiger partial charge in [-0.05, 0) is 73.2 Å². The molecule has 0 spiro atoms. The Bertz CT molecular complexity index is 2150. The highest BCUT2D eigenvalue weighted by Crippen LogP contribution is 2.52. The molecule has 0 N–H and O–H groups in total. The van der Waals surface area contributed by atoms with E-state index in [9.17, 15) is 0 Å². The van der Waals surface area contributed by atoms with Crippen molar-refractivity contribution in [3.05, 3.63) is 106 Å². The first kappa shape index (κ1) is 37.1. The van der Waals surface area contributed by atoms with Crippen LogP contribution in [0.25, 0.3) is 54.6 Å². The summed E-state index contributed by atoms with van der Waals surface area (Å²) in [6, 6.07) is 29.7. The minimum Gasteiger partial charge on any atom is -0.455 e. The molecule has 0 fully saturated rings. The summed E-state index contributed by atoms with van der Waals surface area (Å²) >= 11 is 16.8. The number of nitrogens with zero attached hydrogens (tertiary/aromatic N) is 2. The Morgan fingerprint density at radius 2 is 0.963 bits per heavy atom. The Morgan fingerprint density at radius 1 is 0.556 bits per heavy atom. The molecule has 278 valence electrons. The third-order valence-corrected chi connectivity index (χ3v) is 14.2. The molecule has 0 radical (unpaired) electrons.